The van der Waals surface area contributed by atoms with Crippen LogP contribution < -0.4 is 15.2 Å². The first-order valence-corrected chi connectivity index (χ1v) is 17.2. The van der Waals surface area contributed by atoms with Crippen molar-refractivity contribution < 1.29 is 8.42 Å². The number of rotatable bonds is 5. The molecule has 6 nitrogen and oxygen atoms in total. The summed E-state index contributed by atoms with van der Waals surface area (Å²) in [5.41, 5.74) is 6.01. The second-order valence-electron chi connectivity index (χ2n) is 10.0. The zero-order chi connectivity index (χ0) is 24.4. The Morgan fingerprint density at radius 1 is 1.09 bits per heavy atom. The van der Waals surface area contributed by atoms with Gasteiger partial charge in [-0.3, -0.25) is 0 Å². The van der Waals surface area contributed by atoms with Crippen LogP contribution in [0.2, 0.25) is 0 Å². The average molecular weight is 613 g/mol. The maximum atomic E-state index is 12.7. The standard InChI is InChI=1S/C25H33IN4O2S2/c1-16(2)21-13-19(29-8-10-30(11-9-29)34(31,32)20-6-7-20)15-23-25(21)27-24-17(3)12-18(28(4)5)14-22(24)33(23)26/h12-16,20H,6-11H2,1-5H3. The first kappa shape index (κ1) is 24.5. The molecule has 2 aromatic rings. The lowest BCUT2D eigenvalue weighted by Gasteiger charge is -2.36. The van der Waals surface area contributed by atoms with Gasteiger partial charge in [0.05, 0.1) is 16.3 Å². The number of nitrogens with zero attached hydrogens (tertiary/aromatic N) is 4. The largest absolute Gasteiger partial charge is 0.378 e. The van der Waals surface area contributed by atoms with E-state index in [1.54, 1.807) is 4.31 Å². The first-order chi connectivity index (χ1) is 16.1. The van der Waals surface area contributed by atoms with Crippen molar-refractivity contribution in [2.24, 2.45) is 4.99 Å². The lowest BCUT2D eigenvalue weighted by molar-refractivity contribution is 0.384. The van der Waals surface area contributed by atoms with E-state index in [2.05, 4.69) is 90.1 Å². The fourth-order valence-corrected chi connectivity index (χ4v) is 10.0. The molecule has 0 amide bonds. The summed E-state index contributed by atoms with van der Waals surface area (Å²) in [4.78, 5) is 11.0. The van der Waals surface area contributed by atoms with Crippen molar-refractivity contribution in [3.63, 3.8) is 0 Å². The summed E-state index contributed by atoms with van der Waals surface area (Å²) < 4.78 is 28.4. The molecule has 1 aliphatic carbocycles. The second kappa shape index (κ2) is 9.05. The fourth-order valence-electron chi connectivity index (χ4n) is 4.77. The van der Waals surface area contributed by atoms with Gasteiger partial charge in [-0.2, -0.15) is 4.31 Å². The number of anilines is 2. The molecule has 2 aromatic carbocycles. The van der Waals surface area contributed by atoms with Crippen LogP contribution in [-0.4, -0.2) is 58.2 Å². The summed E-state index contributed by atoms with van der Waals surface area (Å²) in [5, 5.41) is 0.984. The molecule has 1 saturated carbocycles. The van der Waals surface area contributed by atoms with Gasteiger partial charge in [-0.15, -0.1) is 0 Å². The minimum atomic E-state index is -3.10. The summed E-state index contributed by atoms with van der Waals surface area (Å²) in [6, 6.07) is 9.11. The Labute approximate surface area is 217 Å². The van der Waals surface area contributed by atoms with Crippen LogP contribution in [-0.2, 0) is 10.0 Å². The Morgan fingerprint density at radius 3 is 2.35 bits per heavy atom. The minimum Gasteiger partial charge on any atom is -0.378 e. The Kier molecular flexibility index (Phi) is 6.52. The molecule has 184 valence electrons. The number of aryl methyl sites for hydroxylation is 1. The van der Waals surface area contributed by atoms with Gasteiger partial charge < -0.3 is 9.80 Å². The Bertz CT molecular complexity index is 1380. The molecule has 3 aliphatic rings. The van der Waals surface area contributed by atoms with Crippen molar-refractivity contribution in [3.05, 3.63) is 45.3 Å². The van der Waals surface area contributed by atoms with Crippen molar-refractivity contribution in [1.82, 2.24) is 4.31 Å². The normalized spacial score (nSPS) is 20.7. The van der Waals surface area contributed by atoms with Gasteiger partial charge in [-0.25, -0.2) is 13.4 Å². The summed E-state index contributed by atoms with van der Waals surface area (Å²) in [5.74, 6) is 0.352. The highest BCUT2D eigenvalue weighted by Gasteiger charge is 2.41. The van der Waals surface area contributed by atoms with Gasteiger partial charge in [0.1, 0.15) is 0 Å². The summed E-state index contributed by atoms with van der Waals surface area (Å²) >= 11 is 2.60. The van der Waals surface area contributed by atoms with E-state index in [1.165, 1.54) is 31.9 Å². The van der Waals surface area contributed by atoms with Gasteiger partial charge in [0.25, 0.3) is 0 Å². The molecule has 1 atom stereocenters. The van der Waals surface area contributed by atoms with Crippen LogP contribution in [0.5, 0.6) is 0 Å². The van der Waals surface area contributed by atoms with Crippen LogP contribution in [0.1, 0.15) is 43.7 Å². The number of sulfonamides is 1. The van der Waals surface area contributed by atoms with Crippen LogP contribution in [0.4, 0.5) is 17.1 Å². The molecule has 2 fully saturated rings. The van der Waals surface area contributed by atoms with E-state index >= 15 is 0 Å². The molecule has 1 unspecified atom stereocenters. The molecule has 0 radical (unpaired) electrons. The van der Waals surface area contributed by atoms with E-state index in [0.717, 1.165) is 37.0 Å². The van der Waals surface area contributed by atoms with Gasteiger partial charge in [-0.05, 0) is 82.3 Å². The van der Waals surface area contributed by atoms with Gasteiger partial charge in [0, 0.05) is 61.1 Å². The van der Waals surface area contributed by atoms with E-state index in [1.807, 2.05) is 0 Å². The highest BCUT2D eigenvalue weighted by molar-refractivity contribution is 14.2. The number of benzene rings is 2. The topological polar surface area (TPSA) is 56.2 Å². The number of hydrogen-bond donors (Lipinski definition) is 0. The second-order valence-corrected chi connectivity index (χ2v) is 16.3. The predicted molar refractivity (Wildman–Crippen MR) is 151 cm³/mol. The SMILES string of the molecule is Cc1cc(N(C)C)cc2c1=Nc1c(C(C)C)cc(N3CCN(S(=O)(=O)C4CC4)CC3)cc1S=2I. The molecule has 1 saturated heterocycles. The molecule has 34 heavy (non-hydrogen) atoms. The molecule has 0 aromatic heterocycles. The Hall–Kier alpha value is -1.17. The third kappa shape index (κ3) is 4.30. The lowest BCUT2D eigenvalue weighted by atomic mass is 9.99. The maximum Gasteiger partial charge on any atom is 0.217 e. The van der Waals surface area contributed by atoms with Crippen LogP contribution in [0.3, 0.4) is 0 Å². The van der Waals surface area contributed by atoms with E-state index in [4.69, 9.17) is 4.99 Å². The van der Waals surface area contributed by atoms with Crippen LogP contribution in [0, 0.1) is 11.4 Å². The number of piperazine rings is 1. The molecule has 0 bridgehead atoms. The summed E-state index contributed by atoms with van der Waals surface area (Å²) in [6.07, 6.45) is 1.64. The molecule has 2 heterocycles. The van der Waals surface area contributed by atoms with Gasteiger partial charge >= 0.3 is 0 Å². The lowest BCUT2D eigenvalue weighted by Crippen LogP contribution is -2.49. The van der Waals surface area contributed by atoms with Gasteiger partial charge in [0.2, 0.25) is 10.0 Å². The van der Waals surface area contributed by atoms with Crippen LogP contribution in [0.15, 0.2) is 34.2 Å². The van der Waals surface area contributed by atoms with Crippen molar-refractivity contribution in [1.29, 1.82) is 0 Å². The molecular formula is C25H33IN4O2S2. The molecule has 0 N–H and O–H groups in total. The molecule has 9 heteroatoms. The van der Waals surface area contributed by atoms with E-state index in [-0.39, 0.29) is 12.9 Å². The minimum absolute atomic E-state index is 0.121. The zero-order valence-electron chi connectivity index (χ0n) is 20.5. The number of halogens is 1. The Balaban J connectivity index is 1.55. The van der Waals surface area contributed by atoms with E-state index in [9.17, 15) is 8.42 Å². The molecule has 5 rings (SSSR count). The Morgan fingerprint density at radius 2 is 1.76 bits per heavy atom. The zero-order valence-corrected chi connectivity index (χ0v) is 24.3. The highest BCUT2D eigenvalue weighted by Crippen LogP contribution is 2.49. The average Bonchev–Trinajstić information content (AvgIpc) is 3.65. The summed E-state index contributed by atoms with van der Waals surface area (Å²) in [7, 11) is 0.942. The number of fused-ring (bicyclic) bond motifs is 2. The van der Waals surface area contributed by atoms with Crippen LogP contribution in [0.25, 0.3) is 0 Å². The first-order valence-electron chi connectivity index (χ1n) is 11.9. The smallest absolute Gasteiger partial charge is 0.217 e. The van der Waals surface area contributed by atoms with Gasteiger partial charge in [-0.1, -0.05) is 21.5 Å². The maximum absolute atomic E-state index is 12.7. The molecular weight excluding hydrogens is 579 g/mol. The fraction of sp³-hybridized carbons (Fsp3) is 0.520. The van der Waals surface area contributed by atoms with E-state index in [0.29, 0.717) is 19.0 Å². The van der Waals surface area contributed by atoms with Crippen molar-refractivity contribution >= 4 is 55.9 Å². The van der Waals surface area contributed by atoms with Gasteiger partial charge in [0.15, 0.2) is 0 Å². The van der Waals surface area contributed by atoms with Crippen LogP contribution >= 0.6 is 28.9 Å². The monoisotopic (exact) mass is 612 g/mol. The third-order valence-corrected chi connectivity index (χ3v) is 13.6. The van der Waals surface area contributed by atoms with E-state index < -0.39 is 10.0 Å². The van der Waals surface area contributed by atoms with Crippen molar-refractivity contribution in [3.8, 4) is 0 Å². The number of hydrogen-bond acceptors (Lipinski definition) is 5. The molecule has 2 aliphatic heterocycles. The van der Waals surface area contributed by atoms with Crippen molar-refractivity contribution in [2.75, 3.05) is 50.1 Å². The highest BCUT2D eigenvalue weighted by atomic mass is 127. The summed E-state index contributed by atoms with van der Waals surface area (Å²) in [6.45, 7) is 9.23. The molecule has 0 spiro atoms. The quantitative estimate of drug-likeness (QED) is 0.353. The van der Waals surface area contributed by atoms with Crippen molar-refractivity contribution in [2.45, 2.75) is 49.7 Å². The third-order valence-electron chi connectivity index (χ3n) is 7.00. The predicted octanol–water partition coefficient (Wildman–Crippen LogP) is 4.99.